The number of hydrogen-bond donors (Lipinski definition) is 0. The zero-order valence-electron chi connectivity index (χ0n) is 11.0. The normalized spacial score (nSPS) is 9.78. The zero-order chi connectivity index (χ0) is 13.7. The molecule has 1 aromatic rings. The third-order valence-corrected chi connectivity index (χ3v) is 2.43. The van der Waals surface area contributed by atoms with Gasteiger partial charge in [-0.05, 0) is 12.1 Å². The van der Waals surface area contributed by atoms with E-state index >= 15 is 0 Å². The van der Waals surface area contributed by atoms with Crippen LogP contribution in [0.5, 0.6) is 0 Å². The van der Waals surface area contributed by atoms with Gasteiger partial charge in [0.05, 0.1) is 19.2 Å². The molecule has 0 spiro atoms. The highest BCUT2D eigenvalue weighted by Crippen LogP contribution is 2.11. The molecule has 1 rings (SSSR count). The molecule has 0 aliphatic rings. The minimum absolute atomic E-state index is 0.0391. The minimum Gasteiger partial charge on any atom is -0.465 e. The van der Waals surface area contributed by atoms with E-state index in [4.69, 9.17) is 0 Å². The summed E-state index contributed by atoms with van der Waals surface area (Å²) in [5, 5.41) is 0. The Balaban J connectivity index is 2.83. The molecule has 98 valence electrons. The second kappa shape index (κ2) is 6.00. The van der Waals surface area contributed by atoms with Gasteiger partial charge in [-0.2, -0.15) is 0 Å². The maximum absolute atomic E-state index is 11.6. The van der Waals surface area contributed by atoms with Crippen molar-refractivity contribution in [2.75, 3.05) is 39.7 Å². The third-order valence-electron chi connectivity index (χ3n) is 2.43. The fraction of sp³-hybridized carbons (Fsp3) is 0.417. The molecule has 0 N–H and O–H groups in total. The van der Waals surface area contributed by atoms with Crippen LogP contribution in [0.2, 0.25) is 0 Å². The number of aromatic nitrogens is 1. The molecule has 0 saturated heterocycles. The number of carbonyl (C=O) groups is 2. The summed E-state index contributed by atoms with van der Waals surface area (Å²) in [6.07, 6.45) is 1.51. The van der Waals surface area contributed by atoms with E-state index in [1.807, 2.05) is 0 Å². The van der Waals surface area contributed by atoms with E-state index < -0.39 is 5.97 Å². The monoisotopic (exact) mass is 251 g/mol. The Morgan fingerprint density at radius 1 is 1.33 bits per heavy atom. The first-order chi connectivity index (χ1) is 8.45. The number of ether oxygens (including phenoxy) is 1. The zero-order valence-corrected chi connectivity index (χ0v) is 11.0. The van der Waals surface area contributed by atoms with E-state index in [0.717, 1.165) is 0 Å². The van der Waals surface area contributed by atoms with Crippen LogP contribution in [0, 0.1) is 0 Å². The Hall–Kier alpha value is -2.11. The van der Waals surface area contributed by atoms with E-state index in [1.54, 1.807) is 38.2 Å². The summed E-state index contributed by atoms with van der Waals surface area (Å²) in [7, 11) is 6.44. The Kier molecular flexibility index (Phi) is 4.65. The number of methoxy groups -OCH3 is 1. The number of carbonyl (C=O) groups excluding carboxylic acids is 2. The van der Waals surface area contributed by atoms with Gasteiger partial charge in [-0.25, -0.2) is 9.78 Å². The lowest BCUT2D eigenvalue weighted by molar-refractivity contribution is -0.127. The van der Waals surface area contributed by atoms with E-state index in [9.17, 15) is 9.59 Å². The van der Waals surface area contributed by atoms with Crippen molar-refractivity contribution in [3.8, 4) is 0 Å². The van der Waals surface area contributed by atoms with Gasteiger partial charge in [0.15, 0.2) is 0 Å². The summed E-state index contributed by atoms with van der Waals surface area (Å²) in [4.78, 5) is 30.2. The molecule has 18 heavy (non-hydrogen) atoms. The van der Waals surface area contributed by atoms with Crippen molar-refractivity contribution in [1.82, 2.24) is 9.88 Å². The maximum atomic E-state index is 11.6. The van der Waals surface area contributed by atoms with Crippen LogP contribution >= 0.6 is 0 Å². The molecule has 6 heteroatoms. The van der Waals surface area contributed by atoms with Gasteiger partial charge < -0.3 is 14.5 Å². The van der Waals surface area contributed by atoms with Crippen LogP contribution in [0.15, 0.2) is 18.3 Å². The van der Waals surface area contributed by atoms with Crippen LogP contribution in [-0.2, 0) is 9.53 Å². The van der Waals surface area contributed by atoms with E-state index in [0.29, 0.717) is 11.4 Å². The predicted octanol–water partition coefficient (Wildman–Crippen LogP) is 0.393. The first-order valence-corrected chi connectivity index (χ1v) is 5.41. The minimum atomic E-state index is -0.425. The Bertz CT molecular complexity index is 446. The maximum Gasteiger partial charge on any atom is 0.338 e. The number of esters is 1. The molecular formula is C12H17N3O3. The molecule has 0 atom stereocenters. The first kappa shape index (κ1) is 14.0. The molecule has 0 aliphatic heterocycles. The molecular weight excluding hydrogens is 234 g/mol. The van der Waals surface area contributed by atoms with E-state index in [2.05, 4.69) is 9.72 Å². The molecule has 0 saturated carbocycles. The lowest BCUT2D eigenvalue weighted by Gasteiger charge is -2.20. The number of pyridine rings is 1. The standard InChI is InChI=1S/C12H17N3O3/c1-14(2)11(16)8-15(3)10-7-9(5-6-13-10)12(17)18-4/h5-7H,8H2,1-4H3. The molecule has 0 radical (unpaired) electrons. The summed E-state index contributed by atoms with van der Waals surface area (Å²) >= 11 is 0. The molecule has 0 aromatic carbocycles. The van der Waals surface area contributed by atoms with Gasteiger partial charge in [0.1, 0.15) is 5.82 Å². The average molecular weight is 251 g/mol. The number of nitrogens with zero attached hydrogens (tertiary/aromatic N) is 3. The molecule has 6 nitrogen and oxygen atoms in total. The van der Waals surface area contributed by atoms with Gasteiger partial charge >= 0.3 is 5.97 Å². The lowest BCUT2D eigenvalue weighted by Crippen LogP contribution is -2.34. The fourth-order valence-corrected chi connectivity index (χ4v) is 1.30. The predicted molar refractivity (Wildman–Crippen MR) is 67.5 cm³/mol. The van der Waals surface area contributed by atoms with Crippen LogP contribution in [0.3, 0.4) is 0 Å². The van der Waals surface area contributed by atoms with Gasteiger partial charge in [0.25, 0.3) is 0 Å². The quantitative estimate of drug-likeness (QED) is 0.724. The SMILES string of the molecule is COC(=O)c1ccnc(N(C)CC(=O)N(C)C)c1. The number of amides is 1. The van der Waals surface area contributed by atoms with E-state index in [1.165, 1.54) is 18.2 Å². The molecule has 0 unspecified atom stereocenters. The molecule has 0 aliphatic carbocycles. The summed E-state index contributed by atoms with van der Waals surface area (Å²) < 4.78 is 4.63. The summed E-state index contributed by atoms with van der Waals surface area (Å²) in [6, 6.07) is 3.16. The first-order valence-electron chi connectivity index (χ1n) is 5.41. The fourth-order valence-electron chi connectivity index (χ4n) is 1.30. The number of anilines is 1. The van der Waals surface area contributed by atoms with Gasteiger partial charge in [-0.1, -0.05) is 0 Å². The molecule has 0 bridgehead atoms. The average Bonchev–Trinajstić information content (AvgIpc) is 2.37. The van der Waals surface area contributed by atoms with Crippen molar-refractivity contribution in [3.63, 3.8) is 0 Å². The Labute approximate surface area is 106 Å². The van der Waals surface area contributed by atoms with Crippen molar-refractivity contribution in [2.24, 2.45) is 0 Å². The highest BCUT2D eigenvalue weighted by Gasteiger charge is 2.12. The van der Waals surface area contributed by atoms with Gasteiger partial charge in [0.2, 0.25) is 5.91 Å². The molecule has 1 heterocycles. The highest BCUT2D eigenvalue weighted by molar-refractivity contribution is 5.90. The summed E-state index contributed by atoms with van der Waals surface area (Å²) in [5.74, 6) is 0.0851. The van der Waals surface area contributed by atoms with Gasteiger partial charge in [-0.3, -0.25) is 4.79 Å². The summed E-state index contributed by atoms with van der Waals surface area (Å²) in [5.41, 5.74) is 0.409. The Morgan fingerprint density at radius 2 is 2.00 bits per heavy atom. The molecule has 1 aromatic heterocycles. The number of hydrogen-bond acceptors (Lipinski definition) is 5. The van der Waals surface area contributed by atoms with Crippen LogP contribution in [0.4, 0.5) is 5.82 Å². The topological polar surface area (TPSA) is 62.7 Å². The van der Waals surface area contributed by atoms with Gasteiger partial charge in [0, 0.05) is 27.3 Å². The van der Waals surface area contributed by atoms with Crippen LogP contribution in [0.1, 0.15) is 10.4 Å². The van der Waals surface area contributed by atoms with Crippen LogP contribution < -0.4 is 4.90 Å². The van der Waals surface area contributed by atoms with Gasteiger partial charge in [-0.15, -0.1) is 0 Å². The van der Waals surface area contributed by atoms with Crippen LogP contribution in [0.25, 0.3) is 0 Å². The molecule has 1 amide bonds. The smallest absolute Gasteiger partial charge is 0.338 e. The van der Waals surface area contributed by atoms with Crippen molar-refractivity contribution >= 4 is 17.7 Å². The van der Waals surface area contributed by atoms with Crippen molar-refractivity contribution in [2.45, 2.75) is 0 Å². The second-order valence-corrected chi connectivity index (χ2v) is 4.04. The van der Waals surface area contributed by atoms with Crippen molar-refractivity contribution in [1.29, 1.82) is 0 Å². The van der Waals surface area contributed by atoms with Crippen molar-refractivity contribution < 1.29 is 14.3 Å². The number of likely N-dealkylation sites (N-methyl/N-ethyl adjacent to an activating group) is 2. The number of rotatable bonds is 4. The third kappa shape index (κ3) is 3.44. The van der Waals surface area contributed by atoms with E-state index in [-0.39, 0.29) is 12.5 Å². The molecule has 0 fully saturated rings. The highest BCUT2D eigenvalue weighted by atomic mass is 16.5. The lowest BCUT2D eigenvalue weighted by atomic mass is 10.2. The second-order valence-electron chi connectivity index (χ2n) is 4.04. The Morgan fingerprint density at radius 3 is 2.56 bits per heavy atom. The van der Waals surface area contributed by atoms with Crippen LogP contribution in [-0.4, -0.2) is 56.6 Å². The summed E-state index contributed by atoms with van der Waals surface area (Å²) in [6.45, 7) is 0.199. The largest absolute Gasteiger partial charge is 0.465 e. The van der Waals surface area contributed by atoms with Crippen molar-refractivity contribution in [3.05, 3.63) is 23.9 Å².